The summed E-state index contributed by atoms with van der Waals surface area (Å²) in [4.78, 5) is 41.7. The molecule has 29 heavy (non-hydrogen) atoms. The van der Waals surface area contributed by atoms with Crippen molar-refractivity contribution in [2.75, 3.05) is 39.3 Å². The minimum atomic E-state index is -1.71. The van der Waals surface area contributed by atoms with Gasteiger partial charge in [-0.15, -0.1) is 24.8 Å². The second-order valence-corrected chi connectivity index (χ2v) is 8.65. The molecule has 2 saturated carbocycles. The summed E-state index contributed by atoms with van der Waals surface area (Å²) in [7, 11) is 0. The number of hydrogen-bond donors (Lipinski definition) is 3. The molecule has 8 nitrogen and oxygen atoms in total. The first kappa shape index (κ1) is 24.5. The van der Waals surface area contributed by atoms with Crippen LogP contribution in [0.1, 0.15) is 38.5 Å². The van der Waals surface area contributed by atoms with Crippen LogP contribution in [0.5, 0.6) is 0 Å². The average Bonchev–Trinajstić information content (AvgIpc) is 2.88. The molecule has 4 aliphatic rings. The summed E-state index contributed by atoms with van der Waals surface area (Å²) in [5.41, 5.74) is 3.12. The van der Waals surface area contributed by atoms with Gasteiger partial charge < -0.3 is 16.2 Å². The van der Waals surface area contributed by atoms with Crippen LogP contribution in [0.2, 0.25) is 0 Å². The lowest BCUT2D eigenvalue weighted by Gasteiger charge is -2.49. The summed E-state index contributed by atoms with van der Waals surface area (Å²) in [5, 5.41) is 13.2. The number of aliphatic carboxylic acids is 1. The highest BCUT2D eigenvalue weighted by molar-refractivity contribution is 6.23. The van der Waals surface area contributed by atoms with Crippen LogP contribution in [0, 0.1) is 5.41 Å². The van der Waals surface area contributed by atoms with E-state index in [1.54, 1.807) is 0 Å². The largest absolute Gasteiger partial charge is 0.480 e. The van der Waals surface area contributed by atoms with E-state index in [1.807, 2.05) is 0 Å². The molecule has 166 valence electrons. The smallest absolute Gasteiger partial charge is 0.319 e. The molecule has 2 aliphatic heterocycles. The summed E-state index contributed by atoms with van der Waals surface area (Å²) in [6, 6.07) is 0.724. The van der Waals surface area contributed by atoms with Gasteiger partial charge in [0.25, 0.3) is 0 Å². The van der Waals surface area contributed by atoms with Crippen molar-refractivity contribution in [1.82, 2.24) is 15.1 Å². The molecule has 0 radical (unpaired) electrons. The minimum Gasteiger partial charge on any atom is -0.480 e. The average molecular weight is 451 g/mol. The molecule has 4 rings (SSSR count). The number of carbonyl (C=O) groups is 3. The van der Waals surface area contributed by atoms with Crippen LogP contribution in [-0.4, -0.2) is 89.3 Å². The fourth-order valence-electron chi connectivity index (χ4n) is 5.82. The number of hydrogen-bond acceptors (Lipinski definition) is 7. The first-order valence-corrected chi connectivity index (χ1v) is 10.2. The highest BCUT2D eigenvalue weighted by Gasteiger charge is 2.70. The Morgan fingerprint density at radius 1 is 0.966 bits per heavy atom. The Morgan fingerprint density at radius 2 is 1.52 bits per heavy atom. The van der Waals surface area contributed by atoms with Crippen molar-refractivity contribution in [1.29, 1.82) is 0 Å². The zero-order valence-corrected chi connectivity index (χ0v) is 18.2. The van der Waals surface area contributed by atoms with E-state index in [-0.39, 0.29) is 50.1 Å². The normalized spacial score (nSPS) is 36.8. The molecule has 4 fully saturated rings. The molecule has 2 saturated heterocycles. The Bertz CT molecular complexity index is 652. The molecule has 1 unspecified atom stereocenters. The number of ketones is 2. The molecule has 0 spiro atoms. The monoisotopic (exact) mass is 450 g/mol. The van der Waals surface area contributed by atoms with Crippen molar-refractivity contribution < 1.29 is 19.5 Å². The minimum absolute atomic E-state index is 0. The van der Waals surface area contributed by atoms with Crippen LogP contribution in [0.15, 0.2) is 0 Å². The standard InChI is InChI=1S/C19H30N4O4.2ClH/c20-19-12-14(1-4-18(19,17(26)27)15(24)11-16(19)25)23-9-7-22(8-10-23)13-2-5-21-6-3-13;;/h13-14,21H,1-12,20H2,(H,26,27);2*1H/t14?,18-,19+;;/m1../s1. The van der Waals surface area contributed by atoms with Gasteiger partial charge >= 0.3 is 5.97 Å². The van der Waals surface area contributed by atoms with Gasteiger partial charge in [-0.05, 0) is 45.2 Å². The fourth-order valence-corrected chi connectivity index (χ4v) is 5.82. The Balaban J connectivity index is 0.00000150. The number of piperazine rings is 1. The number of nitrogens with zero attached hydrogens (tertiary/aromatic N) is 2. The van der Waals surface area contributed by atoms with Crippen molar-refractivity contribution >= 4 is 42.3 Å². The Kier molecular flexibility index (Phi) is 7.74. The van der Waals surface area contributed by atoms with Gasteiger partial charge in [-0.2, -0.15) is 0 Å². The zero-order valence-electron chi connectivity index (χ0n) is 16.6. The lowest BCUT2D eigenvalue weighted by atomic mass is 9.61. The zero-order chi connectivity index (χ0) is 19.2. The molecular weight excluding hydrogens is 419 g/mol. The summed E-state index contributed by atoms with van der Waals surface area (Å²) in [6.07, 6.45) is 3.09. The number of carboxylic acids is 1. The molecule has 4 N–H and O–H groups in total. The van der Waals surface area contributed by atoms with Crippen LogP contribution in [0.3, 0.4) is 0 Å². The van der Waals surface area contributed by atoms with Crippen LogP contribution in [-0.2, 0) is 14.4 Å². The number of nitrogens with one attached hydrogen (secondary N) is 1. The fraction of sp³-hybridized carbons (Fsp3) is 0.842. The number of carboxylic acid groups (broad SMARTS) is 1. The van der Waals surface area contributed by atoms with Crippen molar-refractivity contribution in [3.63, 3.8) is 0 Å². The molecule has 10 heteroatoms. The molecule has 0 amide bonds. The number of piperidine rings is 1. The SMILES string of the molecule is Cl.Cl.N[C@]12CC(N3CCN(C4CCNCC4)CC3)CC[C@]1(C(=O)O)C(=O)CC2=O. The van der Waals surface area contributed by atoms with Gasteiger partial charge in [-0.25, -0.2) is 0 Å². The van der Waals surface area contributed by atoms with E-state index in [1.165, 1.54) is 12.8 Å². The highest BCUT2D eigenvalue weighted by atomic mass is 35.5. The molecule has 0 aromatic heterocycles. The first-order chi connectivity index (χ1) is 12.9. The maximum absolute atomic E-state index is 12.5. The first-order valence-electron chi connectivity index (χ1n) is 10.2. The lowest BCUT2D eigenvalue weighted by Crippen LogP contribution is -2.67. The third-order valence-corrected chi connectivity index (χ3v) is 7.52. The number of halogens is 2. The van der Waals surface area contributed by atoms with Gasteiger partial charge in [0.05, 0.1) is 6.42 Å². The number of rotatable bonds is 3. The number of fused-ring (bicyclic) bond motifs is 1. The van der Waals surface area contributed by atoms with Gasteiger partial charge in [0, 0.05) is 38.3 Å². The number of Topliss-reactive ketones (excluding diaryl/α,β-unsaturated/α-hetero) is 2. The van der Waals surface area contributed by atoms with Gasteiger partial charge in [-0.1, -0.05) is 0 Å². The van der Waals surface area contributed by atoms with Gasteiger partial charge in [-0.3, -0.25) is 24.2 Å². The van der Waals surface area contributed by atoms with Crippen LogP contribution in [0.4, 0.5) is 0 Å². The Labute approximate surface area is 183 Å². The second kappa shape index (κ2) is 9.16. The summed E-state index contributed by atoms with van der Waals surface area (Å²) in [5.74, 6) is -2.13. The Hall–Kier alpha value is -0.770. The summed E-state index contributed by atoms with van der Waals surface area (Å²) in [6.45, 7) is 5.97. The Morgan fingerprint density at radius 3 is 2.07 bits per heavy atom. The van der Waals surface area contributed by atoms with E-state index in [0.717, 1.165) is 39.3 Å². The van der Waals surface area contributed by atoms with Crippen molar-refractivity contribution in [3.05, 3.63) is 0 Å². The van der Waals surface area contributed by atoms with E-state index in [4.69, 9.17) is 5.73 Å². The van der Waals surface area contributed by atoms with E-state index in [0.29, 0.717) is 12.5 Å². The van der Waals surface area contributed by atoms with Crippen molar-refractivity contribution in [2.45, 2.75) is 56.1 Å². The molecule has 3 atom stereocenters. The van der Waals surface area contributed by atoms with Crippen molar-refractivity contribution in [2.24, 2.45) is 11.1 Å². The van der Waals surface area contributed by atoms with E-state index in [2.05, 4.69) is 15.1 Å². The molecular formula is C19H32Cl2N4O4. The van der Waals surface area contributed by atoms with Gasteiger partial charge in [0.1, 0.15) is 5.54 Å². The summed E-state index contributed by atoms with van der Waals surface area (Å²) >= 11 is 0. The quantitative estimate of drug-likeness (QED) is 0.516. The molecule has 2 aliphatic carbocycles. The third-order valence-electron chi connectivity index (χ3n) is 7.52. The lowest BCUT2D eigenvalue weighted by molar-refractivity contribution is -0.162. The third kappa shape index (κ3) is 3.83. The van der Waals surface area contributed by atoms with E-state index in [9.17, 15) is 19.5 Å². The maximum atomic E-state index is 12.5. The number of carbonyl (C=O) groups excluding carboxylic acids is 2. The number of nitrogens with two attached hydrogens (primary N) is 1. The van der Waals surface area contributed by atoms with Crippen LogP contribution < -0.4 is 11.1 Å². The summed E-state index contributed by atoms with van der Waals surface area (Å²) < 4.78 is 0. The molecule has 2 heterocycles. The topological polar surface area (TPSA) is 116 Å². The van der Waals surface area contributed by atoms with Crippen molar-refractivity contribution in [3.8, 4) is 0 Å². The van der Waals surface area contributed by atoms with E-state index < -0.39 is 28.5 Å². The van der Waals surface area contributed by atoms with Crippen LogP contribution in [0.25, 0.3) is 0 Å². The predicted octanol–water partition coefficient (Wildman–Crippen LogP) is 0.0625. The molecule has 0 aromatic carbocycles. The molecule has 0 bridgehead atoms. The predicted molar refractivity (Wildman–Crippen MR) is 113 cm³/mol. The molecule has 0 aromatic rings. The van der Waals surface area contributed by atoms with Gasteiger partial charge in [0.15, 0.2) is 17.0 Å². The maximum Gasteiger partial charge on any atom is 0.319 e. The highest BCUT2D eigenvalue weighted by Crippen LogP contribution is 2.51. The van der Waals surface area contributed by atoms with E-state index >= 15 is 0 Å². The second-order valence-electron chi connectivity index (χ2n) is 8.65. The van der Waals surface area contributed by atoms with Crippen LogP contribution >= 0.6 is 24.8 Å². The van der Waals surface area contributed by atoms with Gasteiger partial charge in [0.2, 0.25) is 0 Å².